The van der Waals surface area contributed by atoms with Crippen molar-refractivity contribution >= 4 is 6.09 Å². The fourth-order valence-corrected chi connectivity index (χ4v) is 1.43. The second kappa shape index (κ2) is 7.59. The normalized spacial score (nSPS) is 15.3. The number of ether oxygens (including phenoxy) is 1. The summed E-state index contributed by atoms with van der Waals surface area (Å²) < 4.78 is 5.14. The van der Waals surface area contributed by atoms with E-state index in [9.17, 15) is 9.90 Å². The van der Waals surface area contributed by atoms with E-state index >= 15 is 0 Å². The summed E-state index contributed by atoms with van der Waals surface area (Å²) in [6.45, 7) is 12.1. The molecular weight excluding hydrogens is 232 g/mol. The maximum absolute atomic E-state index is 11.4. The number of hydrogen-bond acceptors (Lipinski definition) is 4. The van der Waals surface area contributed by atoms with Gasteiger partial charge in [-0.1, -0.05) is 13.8 Å². The van der Waals surface area contributed by atoms with Crippen molar-refractivity contribution in [3.63, 3.8) is 0 Å². The lowest BCUT2D eigenvalue weighted by molar-refractivity contribution is 0.0521. The van der Waals surface area contributed by atoms with Crippen LogP contribution in [0, 0.1) is 5.92 Å². The van der Waals surface area contributed by atoms with Crippen LogP contribution in [0.3, 0.4) is 0 Å². The summed E-state index contributed by atoms with van der Waals surface area (Å²) >= 11 is 0. The lowest BCUT2D eigenvalue weighted by Gasteiger charge is -2.25. The maximum atomic E-state index is 11.4. The van der Waals surface area contributed by atoms with Crippen molar-refractivity contribution < 1.29 is 14.6 Å². The fourth-order valence-electron chi connectivity index (χ4n) is 1.43. The van der Waals surface area contributed by atoms with Gasteiger partial charge in [-0.05, 0) is 33.6 Å². The first-order valence-electron chi connectivity index (χ1n) is 6.49. The molecule has 0 rings (SSSR count). The number of aliphatic hydroxyl groups excluding tert-OH is 1. The molecule has 0 aromatic carbocycles. The number of carbonyl (C=O) groups excluding carboxylic acids is 1. The summed E-state index contributed by atoms with van der Waals surface area (Å²) in [6.07, 6.45) is -0.416. The van der Waals surface area contributed by atoms with Gasteiger partial charge in [0.2, 0.25) is 0 Å². The van der Waals surface area contributed by atoms with E-state index in [2.05, 4.69) is 10.6 Å². The molecule has 0 heterocycles. The van der Waals surface area contributed by atoms with E-state index in [4.69, 9.17) is 4.74 Å². The average molecular weight is 260 g/mol. The molecule has 5 nitrogen and oxygen atoms in total. The molecule has 0 aliphatic rings. The van der Waals surface area contributed by atoms with Gasteiger partial charge in [0.15, 0.2) is 0 Å². The Balaban J connectivity index is 3.96. The van der Waals surface area contributed by atoms with Crippen molar-refractivity contribution in [2.24, 2.45) is 5.92 Å². The molecule has 0 saturated carbocycles. The van der Waals surface area contributed by atoms with Gasteiger partial charge in [-0.25, -0.2) is 4.79 Å². The summed E-state index contributed by atoms with van der Waals surface area (Å²) in [5.74, 6) is 0.346. The van der Waals surface area contributed by atoms with Crippen LogP contribution in [0.1, 0.15) is 41.5 Å². The topological polar surface area (TPSA) is 70.6 Å². The Kier molecular flexibility index (Phi) is 7.25. The Bertz CT molecular complexity index is 249. The Morgan fingerprint density at radius 2 is 1.83 bits per heavy atom. The van der Waals surface area contributed by atoms with Gasteiger partial charge in [0, 0.05) is 18.6 Å². The summed E-state index contributed by atoms with van der Waals surface area (Å²) in [7, 11) is 0. The maximum Gasteiger partial charge on any atom is 0.407 e. The third-order valence-corrected chi connectivity index (χ3v) is 2.45. The zero-order chi connectivity index (χ0) is 14.3. The molecule has 0 radical (unpaired) electrons. The number of alkyl carbamates (subject to hydrolysis) is 1. The molecule has 1 amide bonds. The zero-order valence-corrected chi connectivity index (χ0v) is 12.4. The van der Waals surface area contributed by atoms with E-state index in [1.54, 1.807) is 0 Å². The van der Waals surface area contributed by atoms with Crippen LogP contribution in [0.4, 0.5) is 4.79 Å². The highest BCUT2D eigenvalue weighted by Gasteiger charge is 2.18. The molecule has 0 fully saturated rings. The van der Waals surface area contributed by atoms with Crippen molar-refractivity contribution in [1.82, 2.24) is 10.6 Å². The smallest absolute Gasteiger partial charge is 0.407 e. The average Bonchev–Trinajstić information content (AvgIpc) is 2.20. The van der Waals surface area contributed by atoms with E-state index < -0.39 is 11.7 Å². The second-order valence-corrected chi connectivity index (χ2v) is 5.98. The van der Waals surface area contributed by atoms with Gasteiger partial charge in [0.25, 0.3) is 0 Å². The van der Waals surface area contributed by atoms with Crippen molar-refractivity contribution in [3.05, 3.63) is 0 Å². The molecule has 108 valence electrons. The summed E-state index contributed by atoms with van der Waals surface area (Å²) in [5, 5.41) is 15.2. The van der Waals surface area contributed by atoms with Crippen molar-refractivity contribution in [2.45, 2.75) is 59.2 Å². The minimum atomic E-state index is -0.480. The molecule has 5 heteroatoms. The number of amides is 1. The number of hydrogen-bond donors (Lipinski definition) is 3. The fraction of sp³-hybridized carbons (Fsp3) is 0.923. The molecule has 0 aromatic rings. The lowest BCUT2D eigenvalue weighted by Crippen LogP contribution is -2.48. The predicted molar refractivity (Wildman–Crippen MR) is 72.5 cm³/mol. The molecule has 18 heavy (non-hydrogen) atoms. The molecule has 0 bridgehead atoms. The van der Waals surface area contributed by atoms with Gasteiger partial charge < -0.3 is 20.5 Å². The zero-order valence-electron chi connectivity index (χ0n) is 12.4. The van der Waals surface area contributed by atoms with Crippen LogP contribution in [0.15, 0.2) is 0 Å². The molecule has 2 atom stereocenters. The molecule has 2 unspecified atom stereocenters. The monoisotopic (exact) mass is 260 g/mol. The van der Waals surface area contributed by atoms with Crippen LogP contribution in [0.2, 0.25) is 0 Å². The lowest BCUT2D eigenvalue weighted by atomic mass is 10.0. The van der Waals surface area contributed by atoms with Crippen LogP contribution in [-0.2, 0) is 4.74 Å². The standard InChI is InChI=1S/C13H28N2O3/c1-9(2)11(8-16)15-10(3)7-14-12(17)18-13(4,5)6/h9-11,15-16H,7-8H2,1-6H3,(H,14,17). The number of nitrogens with one attached hydrogen (secondary N) is 2. The van der Waals surface area contributed by atoms with Crippen molar-refractivity contribution in [3.8, 4) is 0 Å². The SMILES string of the molecule is CC(CNC(=O)OC(C)(C)C)NC(CO)C(C)C. The van der Waals surface area contributed by atoms with E-state index in [0.717, 1.165) is 0 Å². The largest absolute Gasteiger partial charge is 0.444 e. The van der Waals surface area contributed by atoms with Crippen LogP contribution in [0.25, 0.3) is 0 Å². The highest BCUT2D eigenvalue weighted by molar-refractivity contribution is 5.67. The van der Waals surface area contributed by atoms with Gasteiger partial charge in [0.05, 0.1) is 6.61 Å². The van der Waals surface area contributed by atoms with Gasteiger partial charge >= 0.3 is 6.09 Å². The van der Waals surface area contributed by atoms with E-state index in [1.165, 1.54) is 0 Å². The third-order valence-electron chi connectivity index (χ3n) is 2.45. The Morgan fingerprint density at radius 1 is 1.28 bits per heavy atom. The quantitative estimate of drug-likeness (QED) is 0.677. The molecule has 3 N–H and O–H groups in total. The van der Waals surface area contributed by atoms with Gasteiger partial charge in [-0.3, -0.25) is 0 Å². The van der Waals surface area contributed by atoms with Gasteiger partial charge in [0.1, 0.15) is 5.60 Å². The molecule has 0 aliphatic heterocycles. The number of rotatable bonds is 6. The van der Waals surface area contributed by atoms with Crippen LogP contribution in [0.5, 0.6) is 0 Å². The van der Waals surface area contributed by atoms with Gasteiger partial charge in [-0.15, -0.1) is 0 Å². The first-order valence-corrected chi connectivity index (χ1v) is 6.49. The number of carbonyl (C=O) groups is 1. The van der Waals surface area contributed by atoms with Crippen molar-refractivity contribution in [2.75, 3.05) is 13.2 Å². The molecular formula is C13H28N2O3. The van der Waals surface area contributed by atoms with E-state index in [1.807, 2.05) is 41.5 Å². The molecule has 0 spiro atoms. The van der Waals surface area contributed by atoms with Crippen molar-refractivity contribution in [1.29, 1.82) is 0 Å². The summed E-state index contributed by atoms with van der Waals surface area (Å²) in [4.78, 5) is 11.4. The van der Waals surface area contributed by atoms with Gasteiger partial charge in [-0.2, -0.15) is 0 Å². The first-order chi connectivity index (χ1) is 8.15. The highest BCUT2D eigenvalue weighted by atomic mass is 16.6. The highest BCUT2D eigenvalue weighted by Crippen LogP contribution is 2.06. The molecule has 0 aromatic heterocycles. The van der Waals surface area contributed by atoms with E-state index in [-0.39, 0.29) is 18.7 Å². The van der Waals surface area contributed by atoms with Crippen LogP contribution >= 0.6 is 0 Å². The Hall–Kier alpha value is -0.810. The second-order valence-electron chi connectivity index (χ2n) is 5.98. The minimum Gasteiger partial charge on any atom is -0.444 e. The Morgan fingerprint density at radius 3 is 2.22 bits per heavy atom. The Labute approximate surface area is 110 Å². The number of aliphatic hydroxyl groups is 1. The summed E-state index contributed by atoms with van der Waals surface area (Å²) in [5.41, 5.74) is -0.480. The molecule has 0 aliphatic carbocycles. The molecule has 0 saturated heterocycles. The van der Waals surface area contributed by atoms with E-state index in [0.29, 0.717) is 12.5 Å². The van der Waals surface area contributed by atoms with Crippen LogP contribution < -0.4 is 10.6 Å². The third kappa shape index (κ3) is 8.31. The first kappa shape index (κ1) is 17.2. The van der Waals surface area contributed by atoms with Crippen LogP contribution in [-0.4, -0.2) is 42.0 Å². The summed E-state index contributed by atoms with van der Waals surface area (Å²) in [6, 6.07) is 0.123. The predicted octanol–water partition coefficient (Wildman–Crippen LogP) is 1.51. The minimum absolute atomic E-state index is 0.0421.